The maximum absolute atomic E-state index is 12.5. The first-order valence-electron chi connectivity index (χ1n) is 8.50. The number of hydrogen-bond acceptors (Lipinski definition) is 4. The number of primary amides is 1. The number of aryl methyl sites for hydroxylation is 1. The normalized spacial score (nSPS) is 14.1. The van der Waals surface area contributed by atoms with Gasteiger partial charge in [-0.1, -0.05) is 12.8 Å². The standard InChI is InChI=1S/C19H22N2O3S/c1-24-13-10-8-12(9-11-13)18(23)21-19-16(17(20)22)14-6-4-2-3-5-7-15(14)25-19/h8-11H,2-7H2,1H3,(H2,20,22)(H,21,23). The van der Waals surface area contributed by atoms with E-state index >= 15 is 0 Å². The highest BCUT2D eigenvalue weighted by molar-refractivity contribution is 7.17. The average molecular weight is 358 g/mol. The van der Waals surface area contributed by atoms with Crippen LogP contribution in [0.3, 0.4) is 0 Å². The lowest BCUT2D eigenvalue weighted by Gasteiger charge is -2.10. The lowest BCUT2D eigenvalue weighted by molar-refractivity contribution is 0.100. The lowest BCUT2D eigenvalue weighted by atomic mass is 9.96. The van der Waals surface area contributed by atoms with E-state index in [9.17, 15) is 9.59 Å². The van der Waals surface area contributed by atoms with Crippen LogP contribution >= 0.6 is 11.3 Å². The predicted octanol–water partition coefficient (Wildman–Crippen LogP) is 3.77. The third-order valence-corrected chi connectivity index (χ3v) is 5.70. The highest BCUT2D eigenvalue weighted by Crippen LogP contribution is 2.37. The first-order chi connectivity index (χ1) is 12.1. The molecule has 25 heavy (non-hydrogen) atoms. The Labute approximate surface area is 151 Å². The van der Waals surface area contributed by atoms with Crippen molar-refractivity contribution in [2.45, 2.75) is 38.5 Å². The number of nitrogens with one attached hydrogen (secondary N) is 1. The van der Waals surface area contributed by atoms with Crippen molar-refractivity contribution in [1.29, 1.82) is 0 Å². The molecule has 1 heterocycles. The summed E-state index contributed by atoms with van der Waals surface area (Å²) in [6, 6.07) is 6.86. The van der Waals surface area contributed by atoms with Gasteiger partial charge in [0.1, 0.15) is 10.8 Å². The number of benzene rings is 1. The van der Waals surface area contributed by atoms with E-state index in [0.29, 0.717) is 21.9 Å². The maximum Gasteiger partial charge on any atom is 0.256 e. The number of amides is 2. The molecular formula is C19H22N2O3S. The van der Waals surface area contributed by atoms with Gasteiger partial charge in [-0.25, -0.2) is 0 Å². The number of ether oxygens (including phenoxy) is 1. The molecule has 1 aromatic heterocycles. The number of thiophene rings is 1. The van der Waals surface area contributed by atoms with E-state index in [2.05, 4.69) is 5.32 Å². The summed E-state index contributed by atoms with van der Waals surface area (Å²) in [7, 11) is 1.58. The van der Waals surface area contributed by atoms with Gasteiger partial charge in [0.05, 0.1) is 12.7 Å². The minimum absolute atomic E-state index is 0.251. The van der Waals surface area contributed by atoms with E-state index < -0.39 is 5.91 Å². The van der Waals surface area contributed by atoms with E-state index in [1.807, 2.05) is 0 Å². The summed E-state index contributed by atoms with van der Waals surface area (Å²) in [5.41, 5.74) is 7.66. The molecule has 0 radical (unpaired) electrons. The van der Waals surface area contributed by atoms with Crippen molar-refractivity contribution in [3.8, 4) is 5.75 Å². The zero-order valence-corrected chi connectivity index (χ0v) is 15.1. The maximum atomic E-state index is 12.5. The second kappa shape index (κ2) is 7.70. The van der Waals surface area contributed by atoms with Crippen molar-refractivity contribution < 1.29 is 14.3 Å². The minimum Gasteiger partial charge on any atom is -0.497 e. The zero-order valence-electron chi connectivity index (χ0n) is 14.3. The summed E-state index contributed by atoms with van der Waals surface area (Å²) >= 11 is 1.49. The average Bonchev–Trinajstić information content (AvgIpc) is 2.91. The van der Waals surface area contributed by atoms with Gasteiger partial charge in [0.15, 0.2) is 0 Å². The molecule has 5 nitrogen and oxygen atoms in total. The second-order valence-corrected chi connectivity index (χ2v) is 7.27. The molecule has 2 aromatic rings. The van der Waals surface area contributed by atoms with Crippen molar-refractivity contribution in [2.75, 3.05) is 12.4 Å². The van der Waals surface area contributed by atoms with Gasteiger partial charge < -0.3 is 15.8 Å². The van der Waals surface area contributed by atoms with Crippen molar-refractivity contribution in [2.24, 2.45) is 5.73 Å². The minimum atomic E-state index is -0.469. The number of anilines is 1. The SMILES string of the molecule is COc1ccc(C(=O)Nc2sc3c(c2C(N)=O)CCCCCC3)cc1. The molecule has 6 heteroatoms. The molecule has 1 aliphatic rings. The van der Waals surface area contributed by atoms with E-state index in [1.165, 1.54) is 29.1 Å². The molecule has 3 rings (SSSR count). The molecule has 1 aliphatic carbocycles. The van der Waals surface area contributed by atoms with Crippen LogP contribution in [0.15, 0.2) is 24.3 Å². The predicted molar refractivity (Wildman–Crippen MR) is 99.7 cm³/mol. The number of hydrogen-bond donors (Lipinski definition) is 2. The molecule has 1 aromatic carbocycles. The fourth-order valence-electron chi connectivity index (χ4n) is 3.19. The zero-order chi connectivity index (χ0) is 17.8. The Morgan fingerprint density at radius 2 is 1.76 bits per heavy atom. The number of nitrogens with two attached hydrogens (primary N) is 1. The highest BCUT2D eigenvalue weighted by Gasteiger charge is 2.24. The monoisotopic (exact) mass is 358 g/mol. The van der Waals surface area contributed by atoms with Crippen LogP contribution in [0.25, 0.3) is 0 Å². The van der Waals surface area contributed by atoms with Crippen LogP contribution in [0.2, 0.25) is 0 Å². The van der Waals surface area contributed by atoms with E-state index in [0.717, 1.165) is 31.2 Å². The van der Waals surface area contributed by atoms with Gasteiger partial charge in [0.25, 0.3) is 11.8 Å². The topological polar surface area (TPSA) is 81.4 Å². The number of rotatable bonds is 4. The summed E-state index contributed by atoms with van der Waals surface area (Å²) in [5.74, 6) is -0.0315. The largest absolute Gasteiger partial charge is 0.497 e. The highest BCUT2D eigenvalue weighted by atomic mass is 32.1. The van der Waals surface area contributed by atoms with Crippen LogP contribution in [0, 0.1) is 0 Å². The fourth-order valence-corrected chi connectivity index (χ4v) is 4.48. The van der Waals surface area contributed by atoms with E-state index in [-0.39, 0.29) is 5.91 Å². The third kappa shape index (κ3) is 3.85. The molecule has 2 amide bonds. The molecule has 0 aliphatic heterocycles. The van der Waals surface area contributed by atoms with Crippen molar-refractivity contribution in [3.05, 3.63) is 45.8 Å². The molecule has 0 bridgehead atoms. The molecule has 3 N–H and O–H groups in total. The quantitative estimate of drug-likeness (QED) is 0.873. The summed E-state index contributed by atoms with van der Waals surface area (Å²) in [6.45, 7) is 0. The van der Waals surface area contributed by atoms with Gasteiger partial charge >= 0.3 is 0 Å². The molecule has 0 saturated heterocycles. The van der Waals surface area contributed by atoms with Gasteiger partial charge in [-0.3, -0.25) is 9.59 Å². The van der Waals surface area contributed by atoms with Crippen LogP contribution < -0.4 is 15.8 Å². The van der Waals surface area contributed by atoms with Crippen molar-refractivity contribution in [3.63, 3.8) is 0 Å². The molecule has 0 spiro atoms. The Morgan fingerprint density at radius 1 is 1.08 bits per heavy atom. The van der Waals surface area contributed by atoms with Crippen LogP contribution in [0.5, 0.6) is 5.75 Å². The van der Waals surface area contributed by atoms with Gasteiger partial charge in [0, 0.05) is 10.4 Å². The summed E-state index contributed by atoms with van der Waals surface area (Å²) < 4.78 is 5.11. The van der Waals surface area contributed by atoms with Gasteiger partial charge in [-0.2, -0.15) is 0 Å². The summed E-state index contributed by atoms with van der Waals surface area (Å²) in [6.07, 6.45) is 6.33. The van der Waals surface area contributed by atoms with Gasteiger partial charge in [-0.15, -0.1) is 11.3 Å². The number of methoxy groups -OCH3 is 1. The molecule has 0 atom stereocenters. The van der Waals surface area contributed by atoms with Crippen LogP contribution in [0.4, 0.5) is 5.00 Å². The Kier molecular flexibility index (Phi) is 5.38. The Bertz CT molecular complexity index is 781. The molecule has 0 fully saturated rings. The summed E-state index contributed by atoms with van der Waals surface area (Å²) in [5, 5.41) is 3.45. The third-order valence-electron chi connectivity index (χ3n) is 4.50. The Morgan fingerprint density at radius 3 is 2.40 bits per heavy atom. The number of carbonyl (C=O) groups excluding carboxylic acids is 2. The van der Waals surface area contributed by atoms with Gasteiger partial charge in [0.2, 0.25) is 0 Å². The fraction of sp³-hybridized carbons (Fsp3) is 0.368. The van der Waals surface area contributed by atoms with Crippen molar-refractivity contribution in [1.82, 2.24) is 0 Å². The summed E-state index contributed by atoms with van der Waals surface area (Å²) in [4.78, 5) is 25.7. The number of fused-ring (bicyclic) bond motifs is 1. The molecule has 132 valence electrons. The van der Waals surface area contributed by atoms with Crippen LogP contribution in [-0.4, -0.2) is 18.9 Å². The molecule has 0 saturated carbocycles. The second-order valence-electron chi connectivity index (χ2n) is 6.17. The first-order valence-corrected chi connectivity index (χ1v) is 9.31. The van der Waals surface area contributed by atoms with Crippen molar-refractivity contribution >= 4 is 28.2 Å². The van der Waals surface area contributed by atoms with Crippen LogP contribution in [0.1, 0.15) is 56.8 Å². The molecule has 0 unspecified atom stereocenters. The van der Waals surface area contributed by atoms with E-state index in [4.69, 9.17) is 10.5 Å². The lowest BCUT2D eigenvalue weighted by Crippen LogP contribution is -2.18. The smallest absolute Gasteiger partial charge is 0.256 e. The Hall–Kier alpha value is -2.34. The Balaban J connectivity index is 1.89. The van der Waals surface area contributed by atoms with E-state index in [1.54, 1.807) is 31.4 Å². The molecular weight excluding hydrogens is 336 g/mol. The van der Waals surface area contributed by atoms with Gasteiger partial charge in [-0.05, 0) is 55.5 Å². The van der Waals surface area contributed by atoms with Crippen LogP contribution in [-0.2, 0) is 12.8 Å². The first kappa shape index (κ1) is 17.5. The number of carbonyl (C=O) groups is 2.